The summed E-state index contributed by atoms with van der Waals surface area (Å²) in [6, 6.07) is 20.9. The highest BCUT2D eigenvalue weighted by Gasteiger charge is 2.33. The third-order valence-corrected chi connectivity index (χ3v) is 5.80. The Bertz CT molecular complexity index is 1280. The Hall–Kier alpha value is -4.86. The number of benzene rings is 3. The second-order valence-corrected chi connectivity index (χ2v) is 8.47. The van der Waals surface area contributed by atoms with Gasteiger partial charge in [-0.1, -0.05) is 30.3 Å². The standard InChI is InChI=1S/C27H26N4O6/c28-24(29)18-8-10-20(11-9-18)31-15-22(37-27(31)35)16-36-21-12-6-17(7-13-21)14-23(26(33)34)30-25(32)19-4-2-1-3-5-19/h1-13,22-23H,14-16H2,(H3,28,29)(H,30,32)(H,33,34). The molecule has 4 rings (SSSR count). The van der Waals surface area contributed by atoms with Gasteiger partial charge in [0.15, 0.2) is 6.10 Å². The molecule has 5 N–H and O–H groups in total. The number of cyclic esters (lactones) is 1. The zero-order valence-corrected chi connectivity index (χ0v) is 19.8. The number of nitrogens with zero attached hydrogens (tertiary/aromatic N) is 1. The smallest absolute Gasteiger partial charge is 0.414 e. The maximum absolute atomic E-state index is 12.3. The number of rotatable bonds is 10. The summed E-state index contributed by atoms with van der Waals surface area (Å²) < 4.78 is 11.2. The number of nitrogens with two attached hydrogens (primary N) is 1. The van der Waals surface area contributed by atoms with E-state index in [0.29, 0.717) is 34.7 Å². The summed E-state index contributed by atoms with van der Waals surface area (Å²) in [6.45, 7) is 0.440. The van der Waals surface area contributed by atoms with Crippen LogP contribution in [-0.2, 0) is 16.0 Å². The van der Waals surface area contributed by atoms with Crippen LogP contribution in [0, 0.1) is 5.41 Å². The Morgan fingerprint density at radius 2 is 1.73 bits per heavy atom. The molecule has 3 aromatic rings. The van der Waals surface area contributed by atoms with Gasteiger partial charge in [-0.15, -0.1) is 0 Å². The third kappa shape index (κ3) is 6.43. The lowest BCUT2D eigenvalue weighted by atomic mass is 10.1. The summed E-state index contributed by atoms with van der Waals surface area (Å²) in [4.78, 5) is 37.8. The van der Waals surface area contributed by atoms with Crippen LogP contribution in [0.25, 0.3) is 0 Å². The molecular formula is C27H26N4O6. The van der Waals surface area contributed by atoms with Crippen LogP contribution < -0.4 is 20.7 Å². The summed E-state index contributed by atoms with van der Waals surface area (Å²) in [6.07, 6.45) is -0.868. The number of ether oxygens (including phenoxy) is 2. The van der Waals surface area contributed by atoms with E-state index in [1.807, 2.05) is 0 Å². The van der Waals surface area contributed by atoms with Crippen LogP contribution in [0.1, 0.15) is 21.5 Å². The predicted octanol–water partition coefficient (Wildman–Crippen LogP) is 2.80. The minimum Gasteiger partial charge on any atom is -0.490 e. The number of carboxylic acids is 1. The van der Waals surface area contributed by atoms with Crippen molar-refractivity contribution in [2.75, 3.05) is 18.1 Å². The van der Waals surface area contributed by atoms with Crippen LogP contribution in [0.3, 0.4) is 0 Å². The van der Waals surface area contributed by atoms with Crippen molar-refractivity contribution in [2.24, 2.45) is 5.73 Å². The molecule has 0 saturated carbocycles. The number of anilines is 1. The van der Waals surface area contributed by atoms with Crippen molar-refractivity contribution in [1.29, 1.82) is 5.41 Å². The van der Waals surface area contributed by atoms with Crippen molar-refractivity contribution >= 4 is 29.5 Å². The van der Waals surface area contributed by atoms with Gasteiger partial charge in [0.2, 0.25) is 0 Å². The molecular weight excluding hydrogens is 476 g/mol. The average molecular weight is 503 g/mol. The number of amides is 2. The SMILES string of the molecule is N=C(N)c1ccc(N2CC(COc3ccc(CC(NC(=O)c4ccccc4)C(=O)O)cc3)OC2=O)cc1. The highest BCUT2D eigenvalue weighted by Crippen LogP contribution is 2.23. The van der Waals surface area contributed by atoms with Crippen molar-refractivity contribution in [3.8, 4) is 5.75 Å². The Balaban J connectivity index is 1.29. The summed E-state index contributed by atoms with van der Waals surface area (Å²) in [5.41, 5.74) is 7.76. The largest absolute Gasteiger partial charge is 0.490 e. The van der Waals surface area contributed by atoms with Gasteiger partial charge in [-0.25, -0.2) is 9.59 Å². The molecule has 3 aromatic carbocycles. The van der Waals surface area contributed by atoms with Gasteiger partial charge in [-0.05, 0) is 54.1 Å². The van der Waals surface area contributed by atoms with Crippen molar-refractivity contribution < 1.29 is 29.0 Å². The first kappa shape index (κ1) is 25.2. The van der Waals surface area contributed by atoms with E-state index in [4.69, 9.17) is 20.6 Å². The fraction of sp³-hybridized carbons (Fsp3) is 0.185. The number of hydrogen-bond donors (Lipinski definition) is 4. The molecule has 2 unspecified atom stereocenters. The molecule has 2 amide bonds. The quantitative estimate of drug-likeness (QED) is 0.245. The normalized spacial score (nSPS) is 15.5. The van der Waals surface area contributed by atoms with Crippen LogP contribution in [0.4, 0.5) is 10.5 Å². The van der Waals surface area contributed by atoms with Crippen molar-refractivity contribution in [3.63, 3.8) is 0 Å². The molecule has 190 valence electrons. The van der Waals surface area contributed by atoms with Gasteiger partial charge < -0.3 is 25.6 Å². The summed E-state index contributed by atoms with van der Waals surface area (Å²) in [5, 5.41) is 19.6. The van der Waals surface area contributed by atoms with Crippen molar-refractivity contribution in [2.45, 2.75) is 18.6 Å². The van der Waals surface area contributed by atoms with E-state index in [0.717, 1.165) is 0 Å². The minimum absolute atomic E-state index is 0.0525. The monoisotopic (exact) mass is 502 g/mol. The molecule has 1 heterocycles. The van der Waals surface area contributed by atoms with Gasteiger partial charge in [0.05, 0.1) is 6.54 Å². The number of carboxylic acid groups (broad SMARTS) is 1. The van der Waals surface area contributed by atoms with Gasteiger partial charge in [-0.2, -0.15) is 0 Å². The summed E-state index contributed by atoms with van der Waals surface area (Å²) >= 11 is 0. The first-order valence-corrected chi connectivity index (χ1v) is 11.5. The second-order valence-electron chi connectivity index (χ2n) is 8.47. The van der Waals surface area contributed by atoms with E-state index in [2.05, 4.69) is 5.32 Å². The van der Waals surface area contributed by atoms with Gasteiger partial charge in [-0.3, -0.25) is 15.1 Å². The lowest BCUT2D eigenvalue weighted by molar-refractivity contribution is -0.139. The van der Waals surface area contributed by atoms with Gasteiger partial charge >= 0.3 is 12.1 Å². The lowest BCUT2D eigenvalue weighted by Gasteiger charge is -2.15. The summed E-state index contributed by atoms with van der Waals surface area (Å²) in [5.74, 6) is -1.11. The predicted molar refractivity (Wildman–Crippen MR) is 136 cm³/mol. The molecule has 0 aliphatic carbocycles. The van der Waals surface area contributed by atoms with E-state index < -0.39 is 30.1 Å². The van der Waals surface area contributed by atoms with Crippen LogP contribution in [0.15, 0.2) is 78.9 Å². The topological polar surface area (TPSA) is 155 Å². The zero-order valence-electron chi connectivity index (χ0n) is 19.8. The number of nitrogen functional groups attached to an aromatic ring is 1. The fourth-order valence-corrected chi connectivity index (χ4v) is 3.82. The molecule has 2 atom stereocenters. The number of hydrogen-bond acceptors (Lipinski definition) is 6. The molecule has 1 aliphatic rings. The first-order valence-electron chi connectivity index (χ1n) is 11.5. The van der Waals surface area contributed by atoms with Gasteiger partial charge in [0.25, 0.3) is 5.91 Å². The highest BCUT2D eigenvalue weighted by atomic mass is 16.6. The van der Waals surface area contributed by atoms with E-state index in [9.17, 15) is 19.5 Å². The Kier molecular flexibility index (Phi) is 7.68. The fourth-order valence-electron chi connectivity index (χ4n) is 3.82. The molecule has 1 saturated heterocycles. The molecule has 1 aliphatic heterocycles. The van der Waals surface area contributed by atoms with Gasteiger partial charge in [0.1, 0.15) is 24.2 Å². The minimum atomic E-state index is -1.13. The van der Waals surface area contributed by atoms with E-state index >= 15 is 0 Å². The maximum Gasteiger partial charge on any atom is 0.414 e. The van der Waals surface area contributed by atoms with Crippen LogP contribution in [-0.4, -0.2) is 54.2 Å². The molecule has 37 heavy (non-hydrogen) atoms. The molecule has 1 fully saturated rings. The number of amidine groups is 1. The van der Waals surface area contributed by atoms with Gasteiger partial charge in [0, 0.05) is 23.2 Å². The maximum atomic E-state index is 12.3. The first-order chi connectivity index (χ1) is 17.8. The molecule has 0 spiro atoms. The number of carbonyl (C=O) groups excluding carboxylic acids is 2. The van der Waals surface area contributed by atoms with Crippen molar-refractivity contribution in [3.05, 3.63) is 95.6 Å². The molecule has 0 aromatic heterocycles. The third-order valence-electron chi connectivity index (χ3n) is 5.80. The second kappa shape index (κ2) is 11.3. The molecule has 10 heteroatoms. The Morgan fingerprint density at radius 1 is 1.05 bits per heavy atom. The zero-order chi connectivity index (χ0) is 26.4. The average Bonchev–Trinajstić information content (AvgIpc) is 3.28. The lowest BCUT2D eigenvalue weighted by Crippen LogP contribution is -2.42. The molecule has 0 radical (unpaired) electrons. The number of carbonyl (C=O) groups is 3. The van der Waals surface area contributed by atoms with Crippen LogP contribution in [0.2, 0.25) is 0 Å². The number of nitrogens with one attached hydrogen (secondary N) is 2. The molecule has 0 bridgehead atoms. The van der Waals surface area contributed by atoms with Crippen LogP contribution >= 0.6 is 0 Å². The van der Waals surface area contributed by atoms with E-state index in [1.54, 1.807) is 78.9 Å². The number of aliphatic carboxylic acids is 1. The van der Waals surface area contributed by atoms with Crippen LogP contribution in [0.5, 0.6) is 5.75 Å². The Morgan fingerprint density at radius 3 is 2.35 bits per heavy atom. The highest BCUT2D eigenvalue weighted by molar-refractivity contribution is 5.97. The Labute approximate surface area is 213 Å². The molecule has 10 nitrogen and oxygen atoms in total. The summed E-state index contributed by atoms with van der Waals surface area (Å²) in [7, 11) is 0. The van der Waals surface area contributed by atoms with E-state index in [1.165, 1.54) is 4.90 Å². The van der Waals surface area contributed by atoms with Crippen molar-refractivity contribution in [1.82, 2.24) is 5.32 Å². The van der Waals surface area contributed by atoms with E-state index in [-0.39, 0.29) is 18.9 Å².